The van der Waals surface area contributed by atoms with E-state index in [1.54, 1.807) is 0 Å². The van der Waals surface area contributed by atoms with Crippen molar-refractivity contribution in [2.45, 2.75) is 33.6 Å². The molecule has 2 heteroatoms. The van der Waals surface area contributed by atoms with Crippen molar-refractivity contribution in [1.82, 2.24) is 5.32 Å². The topological polar surface area (TPSA) is 29.1 Å². The first-order valence-corrected chi connectivity index (χ1v) is 4.13. The molecule has 0 heterocycles. The van der Waals surface area contributed by atoms with Crippen LogP contribution in [0.1, 0.15) is 33.6 Å². The fourth-order valence-corrected chi connectivity index (χ4v) is 0.649. The van der Waals surface area contributed by atoms with E-state index in [4.69, 9.17) is 0 Å². The molecule has 0 unspecified atom stereocenters. The van der Waals surface area contributed by atoms with Gasteiger partial charge in [0, 0.05) is 12.1 Å². The first-order valence-electron chi connectivity index (χ1n) is 4.13. The zero-order chi connectivity index (χ0) is 8.69. The van der Waals surface area contributed by atoms with Crippen LogP contribution in [0.3, 0.4) is 0 Å². The minimum absolute atomic E-state index is 0.0564. The molecular formula is C9H17NO. The number of nitrogens with one attached hydrogen (secondary N) is 1. The Labute approximate surface area is 68.7 Å². The average molecular weight is 155 g/mol. The van der Waals surface area contributed by atoms with Crippen molar-refractivity contribution in [1.29, 1.82) is 0 Å². The van der Waals surface area contributed by atoms with Crippen LogP contribution < -0.4 is 5.32 Å². The molecule has 2 nitrogen and oxygen atoms in total. The van der Waals surface area contributed by atoms with Crippen LogP contribution in [0.2, 0.25) is 0 Å². The molecule has 0 saturated heterocycles. The van der Waals surface area contributed by atoms with Gasteiger partial charge < -0.3 is 5.32 Å². The third-order valence-corrected chi connectivity index (χ3v) is 1.61. The van der Waals surface area contributed by atoms with Crippen molar-refractivity contribution in [3.05, 3.63) is 11.6 Å². The zero-order valence-corrected chi connectivity index (χ0v) is 7.61. The van der Waals surface area contributed by atoms with Crippen LogP contribution >= 0.6 is 0 Å². The molecule has 0 aromatic heterocycles. The summed E-state index contributed by atoms with van der Waals surface area (Å²) in [5, 5.41) is 2.83. The van der Waals surface area contributed by atoms with Crippen LogP contribution in [0, 0.1) is 0 Å². The molecule has 0 spiro atoms. The highest BCUT2D eigenvalue weighted by Crippen LogP contribution is 1.91. The zero-order valence-electron chi connectivity index (χ0n) is 7.61. The Hall–Kier alpha value is -0.790. The van der Waals surface area contributed by atoms with E-state index in [9.17, 15) is 4.79 Å². The van der Waals surface area contributed by atoms with Crippen LogP contribution in [0.4, 0.5) is 0 Å². The van der Waals surface area contributed by atoms with Gasteiger partial charge in [0.1, 0.15) is 0 Å². The Balaban J connectivity index is 3.53. The van der Waals surface area contributed by atoms with Crippen molar-refractivity contribution in [3.63, 3.8) is 0 Å². The molecule has 1 N–H and O–H groups in total. The maximum atomic E-state index is 11.1. The molecule has 0 aliphatic heterocycles. The molecule has 0 aliphatic rings. The van der Waals surface area contributed by atoms with Crippen LogP contribution in [-0.4, -0.2) is 12.5 Å². The van der Waals surface area contributed by atoms with Crippen molar-refractivity contribution in [2.24, 2.45) is 0 Å². The molecule has 0 fully saturated rings. The molecule has 1 amide bonds. The van der Waals surface area contributed by atoms with Crippen molar-refractivity contribution >= 4 is 5.91 Å². The van der Waals surface area contributed by atoms with Crippen LogP contribution in [0.25, 0.3) is 0 Å². The second-order valence-electron chi connectivity index (χ2n) is 2.58. The van der Waals surface area contributed by atoms with Gasteiger partial charge in [-0.05, 0) is 20.3 Å². The van der Waals surface area contributed by atoms with Gasteiger partial charge in [-0.2, -0.15) is 0 Å². The van der Waals surface area contributed by atoms with Gasteiger partial charge in [0.25, 0.3) is 0 Å². The van der Waals surface area contributed by atoms with Gasteiger partial charge in [0.05, 0.1) is 0 Å². The quantitative estimate of drug-likeness (QED) is 0.487. The number of rotatable bonds is 4. The van der Waals surface area contributed by atoms with Crippen molar-refractivity contribution < 1.29 is 4.79 Å². The summed E-state index contributed by atoms with van der Waals surface area (Å²) >= 11 is 0. The van der Waals surface area contributed by atoms with E-state index in [1.165, 1.54) is 0 Å². The molecule has 0 aromatic rings. The Morgan fingerprint density at radius 2 is 2.18 bits per heavy atom. The maximum Gasteiger partial charge on any atom is 0.246 e. The molecule has 11 heavy (non-hydrogen) atoms. The monoisotopic (exact) mass is 155 g/mol. The van der Waals surface area contributed by atoms with E-state index in [-0.39, 0.29) is 5.91 Å². The largest absolute Gasteiger partial charge is 0.352 e. The normalized spacial score (nSPS) is 11.4. The molecule has 0 aliphatic carbocycles. The van der Waals surface area contributed by atoms with Gasteiger partial charge in [-0.3, -0.25) is 4.79 Å². The highest BCUT2D eigenvalue weighted by atomic mass is 16.1. The predicted octanol–water partition coefficient (Wildman–Crippen LogP) is 1.87. The molecule has 0 aromatic carbocycles. The number of allylic oxidation sites excluding steroid dienone is 1. The summed E-state index contributed by atoms with van der Waals surface area (Å²) in [6, 6.07) is 0. The van der Waals surface area contributed by atoms with Crippen molar-refractivity contribution in [2.75, 3.05) is 6.54 Å². The molecule has 0 rings (SSSR count). The third-order valence-electron chi connectivity index (χ3n) is 1.61. The summed E-state index contributed by atoms with van der Waals surface area (Å²) < 4.78 is 0. The number of hydrogen-bond acceptors (Lipinski definition) is 1. The van der Waals surface area contributed by atoms with Crippen LogP contribution in [0.5, 0.6) is 0 Å². The molecule has 0 radical (unpaired) electrons. The first-order chi connectivity index (χ1) is 5.22. The van der Waals surface area contributed by atoms with Crippen LogP contribution in [-0.2, 0) is 4.79 Å². The van der Waals surface area contributed by atoms with Gasteiger partial charge in [-0.1, -0.05) is 19.4 Å². The second kappa shape index (κ2) is 5.96. The van der Waals surface area contributed by atoms with Gasteiger partial charge >= 0.3 is 0 Å². The lowest BCUT2D eigenvalue weighted by molar-refractivity contribution is -0.117. The summed E-state index contributed by atoms with van der Waals surface area (Å²) in [4.78, 5) is 11.1. The minimum atomic E-state index is 0.0564. The SMILES string of the molecule is CC=C(C)C(=O)NCCCC. The number of carbonyl (C=O) groups is 1. The molecule has 0 bridgehead atoms. The van der Waals surface area contributed by atoms with E-state index in [0.717, 1.165) is 25.0 Å². The molecule has 0 saturated carbocycles. The average Bonchev–Trinajstić information content (AvgIpc) is 2.03. The van der Waals surface area contributed by atoms with Gasteiger partial charge in [0.2, 0.25) is 5.91 Å². The van der Waals surface area contributed by atoms with E-state index in [0.29, 0.717) is 0 Å². The van der Waals surface area contributed by atoms with Crippen molar-refractivity contribution in [3.8, 4) is 0 Å². The molecular weight excluding hydrogens is 138 g/mol. The summed E-state index contributed by atoms with van der Waals surface area (Å²) in [6.45, 7) is 6.59. The number of amides is 1. The van der Waals surface area contributed by atoms with Gasteiger partial charge in [0.15, 0.2) is 0 Å². The number of unbranched alkanes of at least 4 members (excludes halogenated alkanes) is 1. The summed E-state index contributed by atoms with van der Waals surface area (Å²) in [6.07, 6.45) is 4.00. The Bertz CT molecular complexity index is 150. The summed E-state index contributed by atoms with van der Waals surface area (Å²) in [5.41, 5.74) is 0.793. The minimum Gasteiger partial charge on any atom is -0.352 e. The fraction of sp³-hybridized carbons (Fsp3) is 0.667. The van der Waals surface area contributed by atoms with E-state index < -0.39 is 0 Å². The Morgan fingerprint density at radius 1 is 1.55 bits per heavy atom. The smallest absolute Gasteiger partial charge is 0.246 e. The van der Waals surface area contributed by atoms with E-state index >= 15 is 0 Å². The fourth-order valence-electron chi connectivity index (χ4n) is 0.649. The van der Waals surface area contributed by atoms with Gasteiger partial charge in [-0.15, -0.1) is 0 Å². The molecule has 0 atom stereocenters. The summed E-state index contributed by atoms with van der Waals surface area (Å²) in [7, 11) is 0. The van der Waals surface area contributed by atoms with E-state index in [2.05, 4.69) is 12.2 Å². The second-order valence-corrected chi connectivity index (χ2v) is 2.58. The standard InChI is InChI=1S/C9H17NO/c1-4-6-7-10-9(11)8(3)5-2/h5H,4,6-7H2,1-3H3,(H,10,11). The predicted molar refractivity (Wildman–Crippen MR) is 47.3 cm³/mol. The molecule has 64 valence electrons. The van der Waals surface area contributed by atoms with Gasteiger partial charge in [-0.25, -0.2) is 0 Å². The first kappa shape index (κ1) is 10.2. The Kier molecular flexibility index (Phi) is 5.53. The van der Waals surface area contributed by atoms with E-state index in [1.807, 2.05) is 19.9 Å². The maximum absolute atomic E-state index is 11.1. The number of hydrogen-bond donors (Lipinski definition) is 1. The Morgan fingerprint density at radius 3 is 2.64 bits per heavy atom. The van der Waals surface area contributed by atoms with Crippen LogP contribution in [0.15, 0.2) is 11.6 Å². The highest BCUT2D eigenvalue weighted by Gasteiger charge is 1.99. The number of carbonyl (C=O) groups excluding carboxylic acids is 1. The third kappa shape index (κ3) is 4.59. The lowest BCUT2D eigenvalue weighted by atomic mass is 10.2. The lowest BCUT2D eigenvalue weighted by Crippen LogP contribution is -2.24. The summed E-state index contributed by atoms with van der Waals surface area (Å²) in [5.74, 6) is 0.0564. The lowest BCUT2D eigenvalue weighted by Gasteiger charge is -2.02. The highest BCUT2D eigenvalue weighted by molar-refractivity contribution is 5.92.